The van der Waals surface area contributed by atoms with E-state index in [9.17, 15) is 0 Å². The van der Waals surface area contributed by atoms with Gasteiger partial charge in [0.1, 0.15) is 0 Å². The normalized spacial score (nSPS) is 40.5. The molecule has 0 aromatic heterocycles. The van der Waals surface area contributed by atoms with Gasteiger partial charge in [-0.3, -0.25) is 0 Å². The molecule has 118 valence electrons. The summed E-state index contributed by atoms with van der Waals surface area (Å²) in [6.45, 7) is 7.84. The van der Waals surface area contributed by atoms with Gasteiger partial charge in [0.05, 0.1) is 5.60 Å². The largest absolute Gasteiger partial charge is 0.374 e. The zero-order valence-corrected chi connectivity index (χ0v) is 14.1. The monoisotopic (exact) mass is 281 g/mol. The van der Waals surface area contributed by atoms with Gasteiger partial charge in [0.25, 0.3) is 0 Å². The Morgan fingerprint density at radius 2 is 1.80 bits per heavy atom. The topological polar surface area (TPSA) is 21.3 Å². The van der Waals surface area contributed by atoms with E-state index in [1.807, 2.05) is 0 Å². The van der Waals surface area contributed by atoms with E-state index in [-0.39, 0.29) is 5.60 Å². The van der Waals surface area contributed by atoms with E-state index in [0.29, 0.717) is 6.04 Å². The van der Waals surface area contributed by atoms with Crippen molar-refractivity contribution in [1.82, 2.24) is 5.32 Å². The summed E-state index contributed by atoms with van der Waals surface area (Å²) >= 11 is 0. The standard InChI is InChI=1S/C18H35NO/c1-5-20-18(11-9-14(2)10-12-18)17(19-4)16-8-6-7-15(3)13-16/h14-17,19H,5-13H2,1-4H3. The first-order valence-electron chi connectivity index (χ1n) is 8.92. The first-order valence-corrected chi connectivity index (χ1v) is 8.92. The minimum atomic E-state index is 0.109. The molecule has 0 amide bonds. The fourth-order valence-electron chi connectivity index (χ4n) is 4.80. The summed E-state index contributed by atoms with van der Waals surface area (Å²) in [6.07, 6.45) is 10.8. The van der Waals surface area contributed by atoms with Gasteiger partial charge in [-0.15, -0.1) is 0 Å². The molecule has 0 aromatic carbocycles. The van der Waals surface area contributed by atoms with Crippen molar-refractivity contribution in [1.29, 1.82) is 0 Å². The van der Waals surface area contributed by atoms with Crippen LogP contribution in [0.5, 0.6) is 0 Å². The Balaban J connectivity index is 2.12. The van der Waals surface area contributed by atoms with Crippen molar-refractivity contribution in [2.24, 2.45) is 17.8 Å². The van der Waals surface area contributed by atoms with E-state index in [4.69, 9.17) is 4.74 Å². The predicted octanol–water partition coefficient (Wildman–Crippen LogP) is 4.39. The Bertz CT molecular complexity index is 283. The van der Waals surface area contributed by atoms with Crippen molar-refractivity contribution >= 4 is 0 Å². The molecular weight excluding hydrogens is 246 g/mol. The van der Waals surface area contributed by atoms with Gasteiger partial charge in [-0.05, 0) is 70.3 Å². The quantitative estimate of drug-likeness (QED) is 0.807. The zero-order valence-electron chi connectivity index (χ0n) is 14.1. The number of rotatable bonds is 5. The molecule has 0 aliphatic heterocycles. The van der Waals surface area contributed by atoms with E-state index in [1.54, 1.807) is 0 Å². The minimum Gasteiger partial charge on any atom is -0.374 e. The van der Waals surface area contributed by atoms with E-state index in [0.717, 1.165) is 24.4 Å². The average Bonchev–Trinajstić information content (AvgIpc) is 2.43. The molecule has 2 nitrogen and oxygen atoms in total. The Hall–Kier alpha value is -0.0800. The van der Waals surface area contributed by atoms with Gasteiger partial charge in [-0.25, -0.2) is 0 Å². The third-order valence-electron chi connectivity index (χ3n) is 5.88. The first kappa shape index (κ1) is 16.3. The van der Waals surface area contributed by atoms with E-state index < -0.39 is 0 Å². The molecule has 3 unspecified atom stereocenters. The summed E-state index contributed by atoms with van der Waals surface area (Å²) in [4.78, 5) is 0. The molecule has 0 spiro atoms. The Morgan fingerprint density at radius 1 is 1.10 bits per heavy atom. The average molecular weight is 281 g/mol. The van der Waals surface area contributed by atoms with E-state index in [2.05, 4.69) is 33.1 Å². The summed E-state index contributed by atoms with van der Waals surface area (Å²) in [5.41, 5.74) is 0.109. The lowest BCUT2D eigenvalue weighted by Crippen LogP contribution is -2.57. The molecule has 0 saturated heterocycles. The second kappa shape index (κ2) is 7.26. The van der Waals surface area contributed by atoms with E-state index >= 15 is 0 Å². The molecule has 0 aromatic rings. The number of ether oxygens (including phenoxy) is 1. The Labute approximate surface area is 126 Å². The number of nitrogens with one attached hydrogen (secondary N) is 1. The highest BCUT2D eigenvalue weighted by Crippen LogP contribution is 2.43. The van der Waals surface area contributed by atoms with Crippen LogP contribution in [0, 0.1) is 17.8 Å². The van der Waals surface area contributed by atoms with Crippen molar-refractivity contribution in [2.45, 2.75) is 83.8 Å². The second-order valence-corrected chi connectivity index (χ2v) is 7.48. The maximum Gasteiger partial charge on any atom is 0.0837 e. The number of hydrogen-bond acceptors (Lipinski definition) is 2. The number of likely N-dealkylation sites (N-methyl/N-ethyl adjacent to an activating group) is 1. The highest BCUT2D eigenvalue weighted by molar-refractivity contribution is 5.00. The van der Waals surface area contributed by atoms with Crippen LogP contribution >= 0.6 is 0 Å². The molecule has 0 bridgehead atoms. The van der Waals surface area contributed by atoms with Crippen LogP contribution in [0.15, 0.2) is 0 Å². The van der Waals surface area contributed by atoms with Gasteiger partial charge in [-0.1, -0.05) is 26.7 Å². The Kier molecular flexibility index (Phi) is 5.92. The first-order chi connectivity index (χ1) is 9.61. The second-order valence-electron chi connectivity index (χ2n) is 7.48. The fourth-order valence-corrected chi connectivity index (χ4v) is 4.80. The van der Waals surface area contributed by atoms with Gasteiger partial charge in [0.15, 0.2) is 0 Å². The van der Waals surface area contributed by atoms with Crippen LogP contribution in [0.1, 0.15) is 72.1 Å². The molecule has 1 N–H and O–H groups in total. The third-order valence-corrected chi connectivity index (χ3v) is 5.88. The van der Waals surface area contributed by atoms with Crippen LogP contribution in [-0.4, -0.2) is 25.3 Å². The summed E-state index contributed by atoms with van der Waals surface area (Å²) < 4.78 is 6.40. The van der Waals surface area contributed by atoms with Gasteiger partial charge in [0.2, 0.25) is 0 Å². The van der Waals surface area contributed by atoms with E-state index in [1.165, 1.54) is 51.4 Å². The maximum absolute atomic E-state index is 6.40. The lowest BCUT2D eigenvalue weighted by Gasteiger charge is -2.49. The van der Waals surface area contributed by atoms with Crippen molar-refractivity contribution in [3.8, 4) is 0 Å². The van der Waals surface area contributed by atoms with Crippen LogP contribution in [0.3, 0.4) is 0 Å². The lowest BCUT2D eigenvalue weighted by molar-refractivity contribution is -0.111. The highest BCUT2D eigenvalue weighted by atomic mass is 16.5. The third kappa shape index (κ3) is 3.57. The van der Waals surface area contributed by atoms with Gasteiger partial charge < -0.3 is 10.1 Å². The lowest BCUT2D eigenvalue weighted by atomic mass is 9.67. The van der Waals surface area contributed by atoms with Crippen LogP contribution in [-0.2, 0) is 4.74 Å². The molecule has 2 saturated carbocycles. The molecule has 2 aliphatic carbocycles. The summed E-state index contributed by atoms with van der Waals surface area (Å²) in [7, 11) is 2.16. The van der Waals surface area contributed by atoms with Gasteiger partial charge in [-0.2, -0.15) is 0 Å². The Morgan fingerprint density at radius 3 is 2.35 bits per heavy atom. The minimum absolute atomic E-state index is 0.109. The van der Waals surface area contributed by atoms with Crippen LogP contribution in [0.25, 0.3) is 0 Å². The summed E-state index contributed by atoms with van der Waals surface area (Å²) in [5, 5.41) is 3.68. The molecule has 2 aliphatic rings. The van der Waals surface area contributed by atoms with Crippen molar-refractivity contribution in [3.63, 3.8) is 0 Å². The molecule has 0 heterocycles. The van der Waals surface area contributed by atoms with Crippen molar-refractivity contribution in [2.75, 3.05) is 13.7 Å². The van der Waals surface area contributed by atoms with Crippen molar-refractivity contribution in [3.05, 3.63) is 0 Å². The molecule has 2 fully saturated rings. The SMILES string of the molecule is CCOC1(C(NC)C2CCCC(C)C2)CCC(C)CC1. The molecule has 3 atom stereocenters. The molecular formula is C18H35NO. The molecule has 0 radical (unpaired) electrons. The van der Waals surface area contributed by atoms with Crippen molar-refractivity contribution < 1.29 is 4.74 Å². The fraction of sp³-hybridized carbons (Fsp3) is 1.00. The summed E-state index contributed by atoms with van der Waals surface area (Å²) in [6, 6.07) is 0.553. The predicted molar refractivity (Wildman–Crippen MR) is 86.0 cm³/mol. The highest BCUT2D eigenvalue weighted by Gasteiger charge is 2.45. The van der Waals surface area contributed by atoms with Crippen LogP contribution in [0.4, 0.5) is 0 Å². The van der Waals surface area contributed by atoms with Crippen LogP contribution < -0.4 is 5.32 Å². The maximum atomic E-state index is 6.40. The van der Waals surface area contributed by atoms with Crippen LogP contribution in [0.2, 0.25) is 0 Å². The zero-order chi connectivity index (χ0) is 14.6. The molecule has 20 heavy (non-hydrogen) atoms. The summed E-state index contributed by atoms with van der Waals surface area (Å²) in [5.74, 6) is 2.58. The van der Waals surface area contributed by atoms with Gasteiger partial charge in [0, 0.05) is 12.6 Å². The molecule has 2 heteroatoms. The smallest absolute Gasteiger partial charge is 0.0837 e. The molecule has 2 rings (SSSR count). The number of hydrogen-bond donors (Lipinski definition) is 1. The van der Waals surface area contributed by atoms with Gasteiger partial charge >= 0.3 is 0 Å².